The van der Waals surface area contributed by atoms with Gasteiger partial charge in [0.25, 0.3) is 0 Å². The molecule has 20 heavy (non-hydrogen) atoms. The summed E-state index contributed by atoms with van der Waals surface area (Å²) in [6, 6.07) is 12.5. The zero-order valence-corrected chi connectivity index (χ0v) is 12.8. The summed E-state index contributed by atoms with van der Waals surface area (Å²) >= 11 is 3.62. The normalized spacial score (nSPS) is 11.2. The van der Waals surface area contributed by atoms with Gasteiger partial charge < -0.3 is 4.74 Å². The van der Waals surface area contributed by atoms with E-state index in [0.717, 1.165) is 21.2 Å². The fraction of sp³-hybridized carbons (Fsp3) is 0.200. The van der Waals surface area contributed by atoms with Crippen molar-refractivity contribution in [2.75, 3.05) is 0 Å². The molecule has 4 nitrogen and oxygen atoms in total. The van der Waals surface area contributed by atoms with E-state index >= 15 is 0 Å². The molecule has 102 valence electrons. The van der Waals surface area contributed by atoms with E-state index in [2.05, 4.69) is 26.0 Å². The number of aromatic nitrogens is 3. The Kier molecular flexibility index (Phi) is 3.44. The number of hydrogen-bond acceptors (Lipinski definition) is 3. The molecule has 0 atom stereocenters. The molecule has 0 bridgehead atoms. The summed E-state index contributed by atoms with van der Waals surface area (Å²) in [7, 11) is 0. The van der Waals surface area contributed by atoms with Gasteiger partial charge in [-0.1, -0.05) is 30.3 Å². The Morgan fingerprint density at radius 1 is 1.15 bits per heavy atom. The Labute approximate surface area is 125 Å². The van der Waals surface area contributed by atoms with Crippen molar-refractivity contribution < 1.29 is 4.74 Å². The van der Waals surface area contributed by atoms with Crippen molar-refractivity contribution in [1.82, 2.24) is 14.6 Å². The van der Waals surface area contributed by atoms with Gasteiger partial charge in [-0.3, -0.25) is 0 Å². The molecule has 0 unspecified atom stereocenters. The quantitative estimate of drug-likeness (QED) is 0.729. The highest BCUT2D eigenvalue weighted by Crippen LogP contribution is 2.32. The van der Waals surface area contributed by atoms with E-state index in [4.69, 9.17) is 4.74 Å². The monoisotopic (exact) mass is 331 g/mol. The van der Waals surface area contributed by atoms with Crippen molar-refractivity contribution >= 4 is 21.4 Å². The molecule has 0 radical (unpaired) electrons. The highest BCUT2D eigenvalue weighted by Gasteiger charge is 2.15. The largest absolute Gasteiger partial charge is 0.461 e. The van der Waals surface area contributed by atoms with Crippen LogP contribution in [0.2, 0.25) is 0 Å². The number of fused-ring (bicyclic) bond motifs is 1. The van der Waals surface area contributed by atoms with Crippen LogP contribution in [0.4, 0.5) is 0 Å². The van der Waals surface area contributed by atoms with Gasteiger partial charge in [0.15, 0.2) is 0 Å². The van der Waals surface area contributed by atoms with Crippen molar-refractivity contribution in [3.05, 3.63) is 47.1 Å². The van der Waals surface area contributed by atoms with Gasteiger partial charge in [0.2, 0.25) is 0 Å². The second-order valence-corrected chi connectivity index (χ2v) is 5.51. The average molecular weight is 332 g/mol. The lowest BCUT2D eigenvalue weighted by Gasteiger charge is -2.08. The Balaban J connectivity index is 2.19. The molecule has 0 aliphatic heterocycles. The molecular formula is C15H14BrN3O. The summed E-state index contributed by atoms with van der Waals surface area (Å²) < 4.78 is 8.37. The standard InChI is InChI=1S/C15H14BrN3O/c1-10(2)20-15-17-9-8-12-13(16)14(18-19(12)15)11-6-4-3-5-7-11/h3-10H,1-2H3. The molecular weight excluding hydrogens is 318 g/mol. The van der Waals surface area contributed by atoms with Gasteiger partial charge in [-0.05, 0) is 35.8 Å². The summed E-state index contributed by atoms with van der Waals surface area (Å²) in [5.74, 6) is 0. The van der Waals surface area contributed by atoms with Crippen LogP contribution >= 0.6 is 15.9 Å². The molecule has 1 aromatic carbocycles. The lowest BCUT2D eigenvalue weighted by molar-refractivity contribution is 0.216. The molecule has 2 heterocycles. The van der Waals surface area contributed by atoms with Crippen LogP contribution in [0, 0.1) is 0 Å². The third-order valence-corrected chi connectivity index (χ3v) is 3.63. The highest BCUT2D eigenvalue weighted by molar-refractivity contribution is 9.10. The van der Waals surface area contributed by atoms with E-state index < -0.39 is 0 Å². The molecule has 0 aliphatic rings. The van der Waals surface area contributed by atoms with Crippen LogP contribution in [-0.4, -0.2) is 20.7 Å². The summed E-state index contributed by atoms with van der Waals surface area (Å²) in [6.07, 6.45) is 1.78. The maximum absolute atomic E-state index is 5.70. The number of ether oxygens (including phenoxy) is 1. The molecule has 2 aromatic heterocycles. The third kappa shape index (κ3) is 2.29. The number of nitrogens with zero attached hydrogens (tertiary/aromatic N) is 3. The molecule has 5 heteroatoms. The predicted octanol–water partition coefficient (Wildman–Crippen LogP) is 3.95. The van der Waals surface area contributed by atoms with E-state index in [0.29, 0.717) is 6.01 Å². The zero-order chi connectivity index (χ0) is 14.1. The Morgan fingerprint density at radius 2 is 1.90 bits per heavy atom. The van der Waals surface area contributed by atoms with Crippen LogP contribution in [0.1, 0.15) is 13.8 Å². The third-order valence-electron chi connectivity index (χ3n) is 2.85. The zero-order valence-electron chi connectivity index (χ0n) is 11.2. The first-order valence-electron chi connectivity index (χ1n) is 6.42. The number of rotatable bonds is 3. The van der Waals surface area contributed by atoms with Gasteiger partial charge >= 0.3 is 6.01 Å². The SMILES string of the molecule is CC(C)Oc1nccc2c(Br)c(-c3ccccc3)nn12. The molecule has 0 fully saturated rings. The second kappa shape index (κ2) is 5.25. The first-order valence-corrected chi connectivity index (χ1v) is 7.21. The Bertz CT molecular complexity index is 737. The number of benzene rings is 1. The molecule has 0 saturated carbocycles. The molecule has 0 saturated heterocycles. The lowest BCUT2D eigenvalue weighted by Crippen LogP contribution is -2.10. The molecule has 0 spiro atoms. The lowest BCUT2D eigenvalue weighted by atomic mass is 10.1. The summed E-state index contributed by atoms with van der Waals surface area (Å²) in [5.41, 5.74) is 2.88. The number of hydrogen-bond donors (Lipinski definition) is 0. The molecule has 3 aromatic rings. The van der Waals surface area contributed by atoms with Crippen molar-refractivity contribution in [3.8, 4) is 17.3 Å². The second-order valence-electron chi connectivity index (χ2n) is 4.72. The number of halogens is 1. The van der Waals surface area contributed by atoms with Crippen LogP contribution in [0.5, 0.6) is 6.01 Å². The van der Waals surface area contributed by atoms with E-state index in [9.17, 15) is 0 Å². The average Bonchev–Trinajstić information content (AvgIpc) is 2.78. The van der Waals surface area contributed by atoms with Gasteiger partial charge in [0.1, 0.15) is 5.69 Å². The summed E-state index contributed by atoms with van der Waals surface area (Å²) in [4.78, 5) is 4.25. The Hall–Kier alpha value is -1.88. The minimum Gasteiger partial charge on any atom is -0.461 e. The molecule has 0 aliphatic carbocycles. The predicted molar refractivity (Wildman–Crippen MR) is 81.9 cm³/mol. The van der Waals surface area contributed by atoms with Crippen molar-refractivity contribution in [2.45, 2.75) is 20.0 Å². The van der Waals surface area contributed by atoms with E-state index in [1.807, 2.05) is 50.2 Å². The molecule has 0 N–H and O–H groups in total. The van der Waals surface area contributed by atoms with Gasteiger partial charge in [-0.15, -0.1) is 0 Å². The van der Waals surface area contributed by atoms with Crippen molar-refractivity contribution in [3.63, 3.8) is 0 Å². The van der Waals surface area contributed by atoms with Crippen LogP contribution < -0.4 is 4.74 Å². The first-order chi connectivity index (χ1) is 9.66. The van der Waals surface area contributed by atoms with Crippen LogP contribution in [0.25, 0.3) is 16.8 Å². The topological polar surface area (TPSA) is 39.4 Å². The summed E-state index contributed by atoms with van der Waals surface area (Å²) in [5, 5.41) is 4.62. The van der Waals surface area contributed by atoms with Crippen molar-refractivity contribution in [2.24, 2.45) is 0 Å². The van der Waals surface area contributed by atoms with Crippen molar-refractivity contribution in [1.29, 1.82) is 0 Å². The van der Waals surface area contributed by atoms with E-state index in [1.54, 1.807) is 10.7 Å². The molecule has 0 amide bonds. The van der Waals surface area contributed by atoms with E-state index in [-0.39, 0.29) is 6.10 Å². The Morgan fingerprint density at radius 3 is 2.60 bits per heavy atom. The van der Waals surface area contributed by atoms with Gasteiger partial charge in [0.05, 0.1) is 16.1 Å². The maximum atomic E-state index is 5.70. The minimum absolute atomic E-state index is 0.0521. The fourth-order valence-corrected chi connectivity index (χ4v) is 2.61. The van der Waals surface area contributed by atoms with Crippen LogP contribution in [0.15, 0.2) is 47.1 Å². The maximum Gasteiger partial charge on any atom is 0.318 e. The van der Waals surface area contributed by atoms with E-state index in [1.165, 1.54) is 0 Å². The smallest absolute Gasteiger partial charge is 0.318 e. The van der Waals surface area contributed by atoms with Crippen LogP contribution in [-0.2, 0) is 0 Å². The fourth-order valence-electron chi connectivity index (χ4n) is 2.00. The highest BCUT2D eigenvalue weighted by atomic mass is 79.9. The first kappa shape index (κ1) is 13.1. The van der Waals surface area contributed by atoms with Gasteiger partial charge in [-0.25, -0.2) is 4.98 Å². The summed E-state index contributed by atoms with van der Waals surface area (Å²) in [6.45, 7) is 3.94. The molecule has 3 rings (SSSR count). The minimum atomic E-state index is 0.0521. The van der Waals surface area contributed by atoms with Gasteiger partial charge in [-0.2, -0.15) is 9.61 Å². The van der Waals surface area contributed by atoms with Crippen LogP contribution in [0.3, 0.4) is 0 Å². The van der Waals surface area contributed by atoms with Gasteiger partial charge in [0, 0.05) is 11.8 Å².